The first-order valence-corrected chi connectivity index (χ1v) is 15.0. The fraction of sp³-hybridized carbons (Fsp3) is 0.333. The lowest BCUT2D eigenvalue weighted by Crippen LogP contribution is -2.50. The number of carbonyl (C=O) groups excluding carboxylic acids is 2. The van der Waals surface area contributed by atoms with Gasteiger partial charge in [0.1, 0.15) is 17.6 Å². The molecule has 0 bridgehead atoms. The molecule has 224 valence electrons. The highest BCUT2D eigenvalue weighted by molar-refractivity contribution is 7.92. The van der Waals surface area contributed by atoms with Crippen LogP contribution in [0, 0.1) is 5.92 Å². The van der Waals surface area contributed by atoms with Crippen LogP contribution in [0.2, 0.25) is 0 Å². The number of ether oxygens (including phenoxy) is 2. The number of benzene rings is 3. The zero-order chi connectivity index (χ0) is 30.4. The van der Waals surface area contributed by atoms with Gasteiger partial charge in [0.2, 0.25) is 0 Å². The van der Waals surface area contributed by atoms with E-state index in [-0.39, 0.29) is 53.5 Å². The highest BCUT2D eigenvalue weighted by atomic mass is 32.2. The third-order valence-electron chi connectivity index (χ3n) is 7.11. The predicted octanol–water partition coefficient (Wildman–Crippen LogP) is 3.88. The summed E-state index contributed by atoms with van der Waals surface area (Å²) in [4.78, 5) is 29.8. The summed E-state index contributed by atoms with van der Waals surface area (Å²) >= 11 is 0. The van der Waals surface area contributed by atoms with Gasteiger partial charge in [-0.05, 0) is 61.5 Å². The first kappa shape index (κ1) is 30.7. The Morgan fingerprint density at radius 1 is 1.12 bits per heavy atom. The van der Waals surface area contributed by atoms with E-state index in [9.17, 15) is 23.1 Å². The number of rotatable bonds is 9. The highest BCUT2D eigenvalue weighted by Gasteiger charge is 2.34. The van der Waals surface area contributed by atoms with Crippen LogP contribution >= 0.6 is 0 Å². The number of aliphatic hydroxyl groups is 1. The molecule has 12 heteroatoms. The summed E-state index contributed by atoms with van der Waals surface area (Å²) in [5, 5.41) is 12.7. The Morgan fingerprint density at radius 3 is 2.43 bits per heavy atom. The monoisotopic (exact) mass is 596 g/mol. The fourth-order valence-electron chi connectivity index (χ4n) is 4.56. The van der Waals surface area contributed by atoms with Gasteiger partial charge in [-0.25, -0.2) is 13.2 Å². The normalized spacial score (nSPS) is 17.6. The van der Waals surface area contributed by atoms with Crippen molar-refractivity contribution in [2.45, 2.75) is 30.9 Å². The van der Waals surface area contributed by atoms with Gasteiger partial charge in [-0.1, -0.05) is 25.1 Å². The Kier molecular flexibility index (Phi) is 9.59. The lowest BCUT2D eigenvalue weighted by molar-refractivity contribution is 0.0371. The van der Waals surface area contributed by atoms with E-state index in [0.29, 0.717) is 11.4 Å². The summed E-state index contributed by atoms with van der Waals surface area (Å²) in [6.45, 7) is 3.83. The van der Waals surface area contributed by atoms with Crippen molar-refractivity contribution in [1.82, 2.24) is 9.80 Å². The number of fused-ring (bicyclic) bond motifs is 1. The number of carbonyl (C=O) groups is 2. The maximum atomic E-state index is 13.7. The first-order valence-electron chi connectivity index (χ1n) is 13.5. The van der Waals surface area contributed by atoms with Crippen LogP contribution in [0.15, 0.2) is 77.7 Å². The van der Waals surface area contributed by atoms with Gasteiger partial charge in [-0.3, -0.25) is 9.52 Å². The Balaban J connectivity index is 1.59. The van der Waals surface area contributed by atoms with Crippen molar-refractivity contribution >= 4 is 33.3 Å². The third-order valence-corrected chi connectivity index (χ3v) is 8.51. The molecule has 3 aromatic rings. The molecule has 1 aliphatic heterocycles. The quantitative estimate of drug-likeness (QED) is 0.341. The molecule has 1 heterocycles. The number of urea groups is 1. The number of nitrogens with one attached hydrogen (secondary N) is 2. The average molecular weight is 597 g/mol. The van der Waals surface area contributed by atoms with Crippen LogP contribution in [0.4, 0.5) is 16.2 Å². The largest absolute Gasteiger partial charge is 0.497 e. The molecule has 3 N–H and O–H groups in total. The molecular weight excluding hydrogens is 560 g/mol. The molecule has 1 aliphatic rings. The van der Waals surface area contributed by atoms with E-state index in [2.05, 4.69) is 10.0 Å². The average Bonchev–Trinajstić information content (AvgIpc) is 2.99. The molecule has 0 spiro atoms. The molecule has 42 heavy (non-hydrogen) atoms. The smallest absolute Gasteiger partial charge is 0.321 e. The number of hydrogen-bond acceptors (Lipinski definition) is 7. The second kappa shape index (κ2) is 13.1. The zero-order valence-corrected chi connectivity index (χ0v) is 24.8. The van der Waals surface area contributed by atoms with E-state index < -0.39 is 28.1 Å². The fourth-order valence-corrected chi connectivity index (χ4v) is 5.63. The van der Waals surface area contributed by atoms with Crippen molar-refractivity contribution in [3.8, 4) is 11.5 Å². The van der Waals surface area contributed by atoms with Crippen molar-refractivity contribution in [2.24, 2.45) is 5.92 Å². The summed E-state index contributed by atoms with van der Waals surface area (Å²) in [5.74, 6) is 0.300. The molecule has 0 saturated carbocycles. The van der Waals surface area contributed by atoms with Gasteiger partial charge in [0.15, 0.2) is 0 Å². The van der Waals surface area contributed by atoms with E-state index in [1.807, 2.05) is 6.92 Å². The van der Waals surface area contributed by atoms with Crippen molar-refractivity contribution < 1.29 is 32.6 Å². The number of hydrogen-bond donors (Lipinski definition) is 3. The second-order valence-electron chi connectivity index (χ2n) is 10.3. The minimum atomic E-state index is -3.90. The number of likely N-dealkylation sites (N-methyl/N-ethyl adjacent to an activating group) is 1. The molecule has 0 fully saturated rings. The molecule has 3 aromatic carbocycles. The van der Waals surface area contributed by atoms with Gasteiger partial charge in [0.05, 0.1) is 36.8 Å². The highest BCUT2D eigenvalue weighted by Crippen LogP contribution is 2.31. The lowest BCUT2D eigenvalue weighted by Gasteiger charge is -2.38. The Bertz CT molecular complexity index is 1500. The Hall–Kier alpha value is -4.29. The summed E-state index contributed by atoms with van der Waals surface area (Å²) in [6.07, 6.45) is -0.524. The Labute approximate surface area is 246 Å². The van der Waals surface area contributed by atoms with Crippen LogP contribution in [-0.4, -0.2) is 81.3 Å². The van der Waals surface area contributed by atoms with Gasteiger partial charge in [0.25, 0.3) is 15.9 Å². The molecule has 0 saturated heterocycles. The maximum absolute atomic E-state index is 13.7. The molecule has 3 amide bonds. The summed E-state index contributed by atoms with van der Waals surface area (Å²) < 4.78 is 39.8. The molecule has 0 aliphatic carbocycles. The van der Waals surface area contributed by atoms with Gasteiger partial charge < -0.3 is 29.7 Å². The van der Waals surface area contributed by atoms with Crippen LogP contribution in [0.1, 0.15) is 24.2 Å². The molecule has 0 radical (unpaired) electrons. The molecule has 11 nitrogen and oxygen atoms in total. The third kappa shape index (κ3) is 7.12. The molecule has 4 rings (SSSR count). The van der Waals surface area contributed by atoms with E-state index >= 15 is 0 Å². The van der Waals surface area contributed by atoms with Crippen LogP contribution in [0.5, 0.6) is 11.5 Å². The van der Waals surface area contributed by atoms with Crippen LogP contribution < -0.4 is 19.5 Å². The zero-order valence-electron chi connectivity index (χ0n) is 24.0. The topological polar surface area (TPSA) is 138 Å². The number of amides is 3. The minimum absolute atomic E-state index is 0.0830. The Morgan fingerprint density at radius 2 is 1.79 bits per heavy atom. The van der Waals surface area contributed by atoms with Gasteiger partial charge in [-0.2, -0.15) is 0 Å². The summed E-state index contributed by atoms with van der Waals surface area (Å²) in [6, 6.07) is 18.5. The van der Waals surface area contributed by atoms with Crippen molar-refractivity contribution in [3.05, 3.63) is 78.4 Å². The lowest BCUT2D eigenvalue weighted by atomic mass is 9.99. The standard InChI is InChI=1S/C30H36N4O7S/c1-20-17-34(21(2)19-35)29(36)26-16-23(32-42(38,39)25-8-6-5-7-9-25)12-15-27(26)41-28(20)18-33(3)30(37)31-22-10-13-24(40-4)14-11-22/h5-16,20-21,28,32,35H,17-19H2,1-4H3,(H,31,37)/t20-,21-,28+/m1/s1. The number of methoxy groups -OCH3 is 1. The van der Waals surface area contributed by atoms with Crippen molar-refractivity contribution in [2.75, 3.05) is 43.9 Å². The van der Waals surface area contributed by atoms with Crippen LogP contribution in [0.3, 0.4) is 0 Å². The first-order chi connectivity index (χ1) is 20.0. The maximum Gasteiger partial charge on any atom is 0.321 e. The molecular formula is C30H36N4O7S. The van der Waals surface area contributed by atoms with Crippen molar-refractivity contribution in [1.29, 1.82) is 0 Å². The molecule has 0 unspecified atom stereocenters. The summed E-state index contributed by atoms with van der Waals surface area (Å²) in [5.41, 5.74) is 0.932. The van der Waals surface area contributed by atoms with Crippen LogP contribution in [-0.2, 0) is 10.0 Å². The van der Waals surface area contributed by atoms with Gasteiger partial charge in [0, 0.05) is 30.9 Å². The van der Waals surface area contributed by atoms with Crippen LogP contribution in [0.25, 0.3) is 0 Å². The van der Waals surface area contributed by atoms with Gasteiger partial charge in [-0.15, -0.1) is 0 Å². The molecule has 3 atom stereocenters. The van der Waals surface area contributed by atoms with E-state index in [4.69, 9.17) is 9.47 Å². The summed E-state index contributed by atoms with van der Waals surface area (Å²) in [7, 11) is -0.684. The molecule has 0 aromatic heterocycles. The van der Waals surface area contributed by atoms with Gasteiger partial charge >= 0.3 is 6.03 Å². The van der Waals surface area contributed by atoms with E-state index in [1.54, 1.807) is 74.5 Å². The predicted molar refractivity (Wildman–Crippen MR) is 159 cm³/mol. The van der Waals surface area contributed by atoms with E-state index in [0.717, 1.165) is 0 Å². The second-order valence-corrected chi connectivity index (χ2v) is 12.0. The van der Waals surface area contributed by atoms with E-state index in [1.165, 1.54) is 29.2 Å². The number of aliphatic hydroxyl groups excluding tert-OH is 1. The number of anilines is 2. The van der Waals surface area contributed by atoms with Crippen molar-refractivity contribution in [3.63, 3.8) is 0 Å². The SMILES string of the molecule is COc1ccc(NC(=O)N(C)C[C@@H]2Oc3ccc(NS(=O)(=O)c4ccccc4)cc3C(=O)N([C@H](C)CO)C[C@H]2C)cc1. The minimum Gasteiger partial charge on any atom is -0.497 e. The number of sulfonamides is 1. The number of nitrogens with zero attached hydrogens (tertiary/aromatic N) is 2.